The molecule has 140 valence electrons. The summed E-state index contributed by atoms with van der Waals surface area (Å²) in [4.78, 5) is 18.3. The molecule has 24 heavy (non-hydrogen) atoms. The van der Waals surface area contributed by atoms with Crippen LogP contribution in [0.2, 0.25) is 0 Å². The molecule has 0 atom stereocenters. The number of guanidine groups is 1. The van der Waals surface area contributed by atoms with Gasteiger partial charge in [-0.25, -0.2) is 8.42 Å². The van der Waals surface area contributed by atoms with Crippen LogP contribution in [0, 0.1) is 5.41 Å². The van der Waals surface area contributed by atoms with Crippen LogP contribution >= 0.6 is 0 Å². The van der Waals surface area contributed by atoms with Crippen LogP contribution in [0.1, 0.15) is 41.5 Å². The van der Waals surface area contributed by atoms with Crippen molar-refractivity contribution in [3.63, 3.8) is 0 Å². The molecule has 1 aliphatic heterocycles. The van der Waals surface area contributed by atoms with E-state index < -0.39 is 20.0 Å². The van der Waals surface area contributed by atoms with E-state index in [9.17, 15) is 13.2 Å². The fourth-order valence-corrected chi connectivity index (χ4v) is 3.71. The summed E-state index contributed by atoms with van der Waals surface area (Å²) in [6, 6.07) is 0. The predicted octanol–water partition coefficient (Wildman–Crippen LogP) is 0.623. The largest absolute Gasteiger partial charge is 0.357 e. The molecule has 1 rings (SSSR count). The molecule has 2 N–H and O–H groups in total. The van der Waals surface area contributed by atoms with Gasteiger partial charge in [0.1, 0.15) is 0 Å². The number of nitrogens with one attached hydrogen (secondary N) is 2. The highest BCUT2D eigenvalue weighted by Crippen LogP contribution is 2.23. The smallest absolute Gasteiger partial charge is 0.225 e. The van der Waals surface area contributed by atoms with Crippen LogP contribution in [-0.2, 0) is 14.6 Å². The first kappa shape index (κ1) is 20.7. The van der Waals surface area contributed by atoms with Crippen molar-refractivity contribution in [3.8, 4) is 0 Å². The molecule has 7 nitrogen and oxygen atoms in total. The van der Waals surface area contributed by atoms with Crippen molar-refractivity contribution in [2.24, 2.45) is 10.4 Å². The second kappa shape index (κ2) is 7.72. The second-order valence-corrected chi connectivity index (χ2v) is 10.5. The molecule has 0 aromatic heterocycles. The average molecular weight is 361 g/mol. The number of nitrogens with zero attached hydrogens (tertiary/aromatic N) is 2. The van der Waals surface area contributed by atoms with Gasteiger partial charge in [0.05, 0.1) is 17.0 Å². The van der Waals surface area contributed by atoms with Gasteiger partial charge in [0.25, 0.3) is 0 Å². The van der Waals surface area contributed by atoms with Crippen LogP contribution in [-0.4, -0.2) is 68.4 Å². The molecular formula is C16H32N4O3S. The Morgan fingerprint density at radius 3 is 2.38 bits per heavy atom. The van der Waals surface area contributed by atoms with Crippen LogP contribution in [0.3, 0.4) is 0 Å². The van der Waals surface area contributed by atoms with Crippen molar-refractivity contribution in [3.05, 3.63) is 0 Å². The molecule has 0 saturated carbocycles. The van der Waals surface area contributed by atoms with E-state index in [0.717, 1.165) is 0 Å². The summed E-state index contributed by atoms with van der Waals surface area (Å²) < 4.78 is 23.5. The van der Waals surface area contributed by atoms with E-state index in [2.05, 4.69) is 15.6 Å². The minimum absolute atomic E-state index is 0.00657. The summed E-state index contributed by atoms with van der Waals surface area (Å²) in [7, 11) is -3.08. The number of hydrogen-bond acceptors (Lipinski definition) is 4. The first-order chi connectivity index (χ1) is 10.9. The van der Waals surface area contributed by atoms with E-state index in [1.54, 1.807) is 13.8 Å². The van der Waals surface area contributed by atoms with Gasteiger partial charge in [0, 0.05) is 31.6 Å². The van der Waals surface area contributed by atoms with Gasteiger partial charge in [0.15, 0.2) is 15.8 Å². The topological polar surface area (TPSA) is 90.9 Å². The molecule has 8 heteroatoms. The molecule has 1 heterocycles. The third-order valence-electron chi connectivity index (χ3n) is 4.02. The normalized spacial score (nSPS) is 20.6. The number of amides is 1. The zero-order valence-electron chi connectivity index (χ0n) is 15.8. The Balaban J connectivity index is 2.69. The Labute approximate surface area is 146 Å². The highest BCUT2D eigenvalue weighted by molar-refractivity contribution is 7.92. The van der Waals surface area contributed by atoms with Gasteiger partial charge in [-0.05, 0) is 20.8 Å². The zero-order valence-corrected chi connectivity index (χ0v) is 16.6. The number of carbonyl (C=O) groups is 1. The average Bonchev–Trinajstić information content (AvgIpc) is 2.44. The van der Waals surface area contributed by atoms with Gasteiger partial charge in [-0.3, -0.25) is 9.79 Å². The monoisotopic (exact) mass is 360 g/mol. The lowest BCUT2D eigenvalue weighted by molar-refractivity contribution is -0.128. The highest BCUT2D eigenvalue weighted by atomic mass is 32.2. The van der Waals surface area contributed by atoms with Crippen LogP contribution in [0.25, 0.3) is 0 Å². The number of rotatable bonds is 4. The summed E-state index contributed by atoms with van der Waals surface area (Å²) in [5.41, 5.74) is -0.417. The Morgan fingerprint density at radius 1 is 1.25 bits per heavy atom. The fourth-order valence-electron chi connectivity index (χ4n) is 2.35. The maximum atomic E-state index is 12.1. The van der Waals surface area contributed by atoms with Crippen molar-refractivity contribution >= 4 is 21.7 Å². The molecule has 0 spiro atoms. The molecule has 1 aliphatic rings. The standard InChI is InChI=1S/C16H32N4O3S/c1-7-17-14(19-9-8-18-13(21)15(2,3)4)20-10-11-24(22,23)16(5,6)12-20/h7-12H2,1-6H3,(H,17,19)(H,18,21). The van der Waals surface area contributed by atoms with Crippen molar-refractivity contribution in [1.29, 1.82) is 0 Å². The summed E-state index contributed by atoms with van der Waals surface area (Å²) in [5.74, 6) is 0.823. The van der Waals surface area contributed by atoms with E-state index in [1.165, 1.54) is 0 Å². The Morgan fingerprint density at radius 2 is 1.88 bits per heavy atom. The summed E-state index contributed by atoms with van der Waals surface area (Å²) >= 11 is 0. The van der Waals surface area contributed by atoms with E-state index in [4.69, 9.17) is 0 Å². The molecule has 1 amide bonds. The zero-order chi connectivity index (χ0) is 18.6. The Bertz CT molecular complexity index is 577. The van der Waals surface area contributed by atoms with Gasteiger partial charge in [-0.2, -0.15) is 0 Å². The maximum absolute atomic E-state index is 12.1. The molecular weight excluding hydrogens is 328 g/mol. The highest BCUT2D eigenvalue weighted by Gasteiger charge is 2.40. The fraction of sp³-hybridized carbons (Fsp3) is 0.875. The maximum Gasteiger partial charge on any atom is 0.225 e. The van der Waals surface area contributed by atoms with Crippen LogP contribution < -0.4 is 10.6 Å². The SMILES string of the molecule is CCNC(=NCCNC(=O)C(C)(C)C)N1CCS(=O)(=O)C(C)(C)C1. The number of hydrogen-bond donors (Lipinski definition) is 2. The van der Waals surface area contributed by atoms with E-state index in [0.29, 0.717) is 38.7 Å². The quantitative estimate of drug-likeness (QED) is 0.436. The van der Waals surface area contributed by atoms with E-state index >= 15 is 0 Å². The third-order valence-corrected chi connectivity index (χ3v) is 6.55. The summed E-state index contributed by atoms with van der Waals surface area (Å²) in [6.45, 7) is 13.5. The summed E-state index contributed by atoms with van der Waals surface area (Å²) in [6.07, 6.45) is 0. The van der Waals surface area contributed by atoms with Crippen LogP contribution in [0.5, 0.6) is 0 Å². The molecule has 0 aromatic rings. The van der Waals surface area contributed by atoms with E-state index in [1.807, 2.05) is 32.6 Å². The summed E-state index contributed by atoms with van der Waals surface area (Å²) in [5, 5.41) is 6.07. The molecule has 0 bridgehead atoms. The van der Waals surface area contributed by atoms with Gasteiger partial charge in [0.2, 0.25) is 5.91 Å². The molecule has 0 aliphatic carbocycles. The minimum Gasteiger partial charge on any atom is -0.357 e. The van der Waals surface area contributed by atoms with E-state index in [-0.39, 0.29) is 11.7 Å². The predicted molar refractivity (Wildman–Crippen MR) is 97.9 cm³/mol. The van der Waals surface area contributed by atoms with Gasteiger partial charge < -0.3 is 15.5 Å². The molecule has 0 radical (unpaired) electrons. The van der Waals surface area contributed by atoms with Gasteiger partial charge in [-0.15, -0.1) is 0 Å². The van der Waals surface area contributed by atoms with Crippen molar-refractivity contribution < 1.29 is 13.2 Å². The second-order valence-electron chi connectivity index (χ2n) is 7.74. The van der Waals surface area contributed by atoms with Crippen LogP contribution in [0.15, 0.2) is 4.99 Å². The van der Waals surface area contributed by atoms with Crippen molar-refractivity contribution in [2.45, 2.75) is 46.3 Å². The van der Waals surface area contributed by atoms with Crippen molar-refractivity contribution in [1.82, 2.24) is 15.5 Å². The molecule has 0 unspecified atom stereocenters. The molecule has 0 aromatic carbocycles. The lowest BCUT2D eigenvalue weighted by Crippen LogP contribution is -2.57. The lowest BCUT2D eigenvalue weighted by atomic mass is 9.96. The number of sulfone groups is 1. The van der Waals surface area contributed by atoms with Gasteiger partial charge in [-0.1, -0.05) is 20.8 Å². The number of aliphatic imine (C=N–C) groups is 1. The first-order valence-electron chi connectivity index (χ1n) is 8.44. The Kier molecular flexibility index (Phi) is 6.67. The molecule has 1 saturated heterocycles. The van der Waals surface area contributed by atoms with Crippen molar-refractivity contribution in [2.75, 3.05) is 38.5 Å². The Hall–Kier alpha value is -1.31. The first-order valence-corrected chi connectivity index (χ1v) is 10.1. The third kappa shape index (κ3) is 5.36. The van der Waals surface area contributed by atoms with Crippen LogP contribution in [0.4, 0.5) is 0 Å². The lowest BCUT2D eigenvalue weighted by Gasteiger charge is -2.39. The molecule has 1 fully saturated rings. The van der Waals surface area contributed by atoms with Gasteiger partial charge >= 0.3 is 0 Å². The number of carbonyl (C=O) groups excluding carboxylic acids is 1. The minimum atomic E-state index is -3.08.